The zero-order valence-corrected chi connectivity index (χ0v) is 11.7. The van der Waals surface area contributed by atoms with E-state index < -0.39 is 0 Å². The summed E-state index contributed by atoms with van der Waals surface area (Å²) >= 11 is 0. The predicted octanol–water partition coefficient (Wildman–Crippen LogP) is 2.02. The highest BCUT2D eigenvalue weighted by Gasteiger charge is 2.18. The van der Waals surface area contributed by atoms with Crippen molar-refractivity contribution in [1.82, 2.24) is 10.2 Å². The van der Waals surface area contributed by atoms with Crippen molar-refractivity contribution in [3.63, 3.8) is 0 Å². The van der Waals surface area contributed by atoms with Crippen LogP contribution in [0, 0.1) is 5.82 Å². The van der Waals surface area contributed by atoms with Gasteiger partial charge >= 0.3 is 0 Å². The van der Waals surface area contributed by atoms with E-state index in [1.165, 1.54) is 12.1 Å². The average molecular weight is 266 g/mol. The third kappa shape index (κ3) is 4.56. The lowest BCUT2D eigenvalue weighted by Gasteiger charge is -2.31. The number of nitrogens with zero attached hydrogens (tertiary/aromatic N) is 1. The molecule has 0 spiro atoms. The minimum Gasteiger partial charge on any atom is -0.379 e. The van der Waals surface area contributed by atoms with Crippen LogP contribution in [0.5, 0.6) is 0 Å². The summed E-state index contributed by atoms with van der Waals surface area (Å²) in [6.45, 7) is 5.62. The van der Waals surface area contributed by atoms with Crippen molar-refractivity contribution in [3.05, 3.63) is 35.6 Å². The Morgan fingerprint density at radius 2 is 2.16 bits per heavy atom. The van der Waals surface area contributed by atoms with Crippen LogP contribution in [0.15, 0.2) is 24.3 Å². The van der Waals surface area contributed by atoms with Gasteiger partial charge in [-0.2, -0.15) is 0 Å². The normalized spacial score (nSPS) is 21.6. The van der Waals surface area contributed by atoms with E-state index in [4.69, 9.17) is 4.74 Å². The Hall–Kier alpha value is -0.970. The zero-order valence-electron chi connectivity index (χ0n) is 11.7. The molecule has 4 heteroatoms. The minimum atomic E-state index is -0.178. The standard InChI is InChI=1S/C15H23FN2O/c1-12(9-15-11-19-8-7-17-15)18(2)10-13-3-5-14(16)6-4-13/h3-6,12,15,17H,7-11H2,1-2H3. The van der Waals surface area contributed by atoms with E-state index in [1.54, 1.807) is 0 Å². The molecule has 3 nitrogen and oxygen atoms in total. The van der Waals surface area contributed by atoms with Crippen molar-refractivity contribution in [2.24, 2.45) is 0 Å². The third-order valence-electron chi connectivity index (χ3n) is 3.72. The number of morpholine rings is 1. The summed E-state index contributed by atoms with van der Waals surface area (Å²) in [5.41, 5.74) is 1.14. The molecular formula is C15H23FN2O. The van der Waals surface area contributed by atoms with Crippen molar-refractivity contribution >= 4 is 0 Å². The highest BCUT2D eigenvalue weighted by Crippen LogP contribution is 2.12. The fourth-order valence-electron chi connectivity index (χ4n) is 2.40. The molecule has 0 amide bonds. The molecular weight excluding hydrogens is 243 g/mol. The van der Waals surface area contributed by atoms with Crippen LogP contribution in [-0.4, -0.2) is 43.8 Å². The number of hydrogen-bond acceptors (Lipinski definition) is 3. The summed E-state index contributed by atoms with van der Waals surface area (Å²) in [7, 11) is 2.11. The van der Waals surface area contributed by atoms with E-state index in [0.29, 0.717) is 12.1 Å². The van der Waals surface area contributed by atoms with Crippen LogP contribution in [0.2, 0.25) is 0 Å². The topological polar surface area (TPSA) is 24.5 Å². The summed E-state index contributed by atoms with van der Waals surface area (Å²) < 4.78 is 18.3. The molecule has 1 saturated heterocycles. The van der Waals surface area contributed by atoms with Crippen molar-refractivity contribution in [1.29, 1.82) is 0 Å². The first-order valence-electron chi connectivity index (χ1n) is 6.91. The first-order valence-corrected chi connectivity index (χ1v) is 6.91. The van der Waals surface area contributed by atoms with Gasteiger partial charge in [-0.15, -0.1) is 0 Å². The van der Waals surface area contributed by atoms with Crippen LogP contribution in [0.1, 0.15) is 18.9 Å². The van der Waals surface area contributed by atoms with Crippen molar-refractivity contribution in [2.75, 3.05) is 26.8 Å². The van der Waals surface area contributed by atoms with Crippen LogP contribution in [0.3, 0.4) is 0 Å². The van der Waals surface area contributed by atoms with Crippen molar-refractivity contribution in [3.8, 4) is 0 Å². The number of hydrogen-bond donors (Lipinski definition) is 1. The van der Waals surface area contributed by atoms with Crippen LogP contribution < -0.4 is 5.32 Å². The number of rotatable bonds is 5. The van der Waals surface area contributed by atoms with Gasteiger partial charge in [-0.25, -0.2) is 4.39 Å². The number of benzene rings is 1. The fourth-order valence-corrected chi connectivity index (χ4v) is 2.40. The van der Waals surface area contributed by atoms with Crippen LogP contribution >= 0.6 is 0 Å². The molecule has 0 bridgehead atoms. The Morgan fingerprint density at radius 1 is 1.42 bits per heavy atom. The molecule has 1 aliphatic rings. The van der Waals surface area contributed by atoms with Crippen LogP contribution in [0.25, 0.3) is 0 Å². The predicted molar refractivity (Wildman–Crippen MR) is 74.6 cm³/mol. The fraction of sp³-hybridized carbons (Fsp3) is 0.600. The SMILES string of the molecule is CC(CC1COCCN1)N(C)Cc1ccc(F)cc1. The van der Waals surface area contributed by atoms with E-state index in [0.717, 1.165) is 38.3 Å². The Labute approximate surface area is 114 Å². The van der Waals surface area contributed by atoms with Crippen molar-refractivity contribution in [2.45, 2.75) is 32.0 Å². The van der Waals surface area contributed by atoms with Crippen molar-refractivity contribution < 1.29 is 9.13 Å². The summed E-state index contributed by atoms with van der Waals surface area (Å²) in [5.74, 6) is -0.178. The molecule has 1 N–H and O–H groups in total. The van der Waals surface area contributed by atoms with Gasteiger partial charge < -0.3 is 10.1 Å². The van der Waals surface area contributed by atoms with Gasteiger partial charge in [0.1, 0.15) is 5.82 Å². The lowest BCUT2D eigenvalue weighted by atomic mass is 10.1. The molecule has 1 aromatic rings. The van der Waals surface area contributed by atoms with E-state index in [9.17, 15) is 4.39 Å². The second-order valence-electron chi connectivity index (χ2n) is 5.35. The monoisotopic (exact) mass is 266 g/mol. The molecule has 0 radical (unpaired) electrons. The molecule has 2 unspecified atom stereocenters. The van der Waals surface area contributed by atoms with Gasteiger partial charge in [0.15, 0.2) is 0 Å². The Morgan fingerprint density at radius 3 is 2.79 bits per heavy atom. The molecule has 1 aliphatic heterocycles. The first-order chi connectivity index (χ1) is 9.15. The van der Waals surface area contributed by atoms with Gasteiger partial charge in [-0.05, 0) is 38.1 Å². The summed E-state index contributed by atoms with van der Waals surface area (Å²) in [5, 5.41) is 3.47. The van der Waals surface area contributed by atoms with Crippen LogP contribution in [-0.2, 0) is 11.3 Å². The second kappa shape index (κ2) is 6.98. The highest BCUT2D eigenvalue weighted by molar-refractivity contribution is 5.15. The number of nitrogens with one attached hydrogen (secondary N) is 1. The first kappa shape index (κ1) is 14.4. The molecule has 0 aliphatic carbocycles. The molecule has 2 rings (SSSR count). The van der Waals surface area contributed by atoms with E-state index in [-0.39, 0.29) is 5.82 Å². The third-order valence-corrected chi connectivity index (χ3v) is 3.72. The lowest BCUT2D eigenvalue weighted by Crippen LogP contribution is -2.45. The molecule has 1 heterocycles. The van der Waals surface area contributed by atoms with Crippen LogP contribution in [0.4, 0.5) is 4.39 Å². The Bertz CT molecular complexity index is 376. The smallest absolute Gasteiger partial charge is 0.123 e. The maximum absolute atomic E-state index is 12.9. The highest BCUT2D eigenvalue weighted by atomic mass is 19.1. The maximum atomic E-state index is 12.9. The molecule has 106 valence electrons. The lowest BCUT2D eigenvalue weighted by molar-refractivity contribution is 0.0638. The molecule has 1 aromatic carbocycles. The largest absolute Gasteiger partial charge is 0.379 e. The average Bonchev–Trinajstić information content (AvgIpc) is 2.42. The number of halogens is 1. The number of ether oxygens (including phenoxy) is 1. The molecule has 1 fully saturated rings. The van der Waals surface area contributed by atoms with E-state index in [1.807, 2.05) is 12.1 Å². The maximum Gasteiger partial charge on any atom is 0.123 e. The molecule has 2 atom stereocenters. The summed E-state index contributed by atoms with van der Waals surface area (Å²) in [6, 6.07) is 7.64. The molecule has 0 saturated carbocycles. The summed E-state index contributed by atoms with van der Waals surface area (Å²) in [4.78, 5) is 2.30. The van der Waals surface area contributed by atoms with E-state index >= 15 is 0 Å². The quantitative estimate of drug-likeness (QED) is 0.882. The van der Waals surface area contributed by atoms with Gasteiger partial charge in [0.25, 0.3) is 0 Å². The minimum absolute atomic E-state index is 0.178. The van der Waals surface area contributed by atoms with Gasteiger partial charge in [-0.3, -0.25) is 4.90 Å². The Balaban J connectivity index is 1.81. The van der Waals surface area contributed by atoms with Gasteiger partial charge in [0, 0.05) is 25.2 Å². The van der Waals surface area contributed by atoms with Gasteiger partial charge in [0.05, 0.1) is 13.2 Å². The Kier molecular flexibility index (Phi) is 5.31. The van der Waals surface area contributed by atoms with E-state index in [2.05, 4.69) is 24.2 Å². The molecule has 0 aromatic heterocycles. The second-order valence-corrected chi connectivity index (χ2v) is 5.35. The van der Waals surface area contributed by atoms with Gasteiger partial charge in [-0.1, -0.05) is 12.1 Å². The summed E-state index contributed by atoms with van der Waals surface area (Å²) in [6.07, 6.45) is 1.07. The van der Waals surface area contributed by atoms with Gasteiger partial charge in [0.2, 0.25) is 0 Å². The molecule has 19 heavy (non-hydrogen) atoms. The zero-order chi connectivity index (χ0) is 13.7.